The van der Waals surface area contributed by atoms with Crippen LogP contribution in [0.3, 0.4) is 0 Å². The summed E-state index contributed by atoms with van der Waals surface area (Å²) in [5.41, 5.74) is -0.101. The molecule has 0 unspecified atom stereocenters. The van der Waals surface area contributed by atoms with Crippen LogP contribution < -0.4 is 9.80 Å². The highest BCUT2D eigenvalue weighted by Gasteiger charge is 2.38. The predicted molar refractivity (Wildman–Crippen MR) is 98.4 cm³/mol. The van der Waals surface area contributed by atoms with Gasteiger partial charge in [-0.3, -0.25) is 4.79 Å². The largest absolute Gasteiger partial charge is 0.416 e. The molecule has 2 aromatic rings. The molecule has 2 aliphatic heterocycles. The van der Waals surface area contributed by atoms with E-state index in [2.05, 4.69) is 21.4 Å². The molecule has 0 N–H and O–H groups in total. The summed E-state index contributed by atoms with van der Waals surface area (Å²) < 4.78 is 38.7. The van der Waals surface area contributed by atoms with Gasteiger partial charge in [0, 0.05) is 44.3 Å². The first kappa shape index (κ1) is 18.3. The SMILES string of the molecule is C=CC(=O)N1CCN2c3nccnc3N(c3ccc(C(F)(F)F)cc3)C[C@H]2C1. The van der Waals surface area contributed by atoms with Crippen molar-refractivity contribution in [3.63, 3.8) is 0 Å². The van der Waals surface area contributed by atoms with E-state index < -0.39 is 11.7 Å². The number of hydrogen-bond acceptors (Lipinski definition) is 5. The van der Waals surface area contributed by atoms with Crippen molar-refractivity contribution in [2.24, 2.45) is 0 Å². The second kappa shape index (κ2) is 6.81. The number of nitrogens with zero attached hydrogens (tertiary/aromatic N) is 5. The second-order valence-corrected chi connectivity index (χ2v) is 6.69. The molecule has 6 nitrogen and oxygen atoms in total. The Morgan fingerprint density at radius 1 is 1.07 bits per heavy atom. The fraction of sp³-hybridized carbons (Fsp3) is 0.316. The van der Waals surface area contributed by atoms with Gasteiger partial charge in [-0.2, -0.15) is 13.2 Å². The van der Waals surface area contributed by atoms with Crippen molar-refractivity contribution >= 4 is 23.2 Å². The number of carbonyl (C=O) groups excluding carboxylic acids is 1. The monoisotopic (exact) mass is 389 g/mol. The molecule has 0 aliphatic carbocycles. The number of hydrogen-bond donors (Lipinski definition) is 0. The highest BCUT2D eigenvalue weighted by molar-refractivity contribution is 5.87. The molecule has 1 amide bonds. The van der Waals surface area contributed by atoms with Crippen molar-refractivity contribution in [1.82, 2.24) is 14.9 Å². The number of rotatable bonds is 2. The van der Waals surface area contributed by atoms with Gasteiger partial charge in [0.1, 0.15) is 0 Å². The summed E-state index contributed by atoms with van der Waals surface area (Å²) in [6.07, 6.45) is 0.0604. The molecule has 1 aromatic heterocycles. The molecule has 1 aromatic carbocycles. The maximum atomic E-state index is 12.9. The third-order valence-electron chi connectivity index (χ3n) is 5.06. The van der Waals surface area contributed by atoms with Crippen molar-refractivity contribution in [3.8, 4) is 0 Å². The maximum Gasteiger partial charge on any atom is 0.416 e. The smallest absolute Gasteiger partial charge is 0.345 e. The quantitative estimate of drug-likeness (QED) is 0.740. The molecule has 0 bridgehead atoms. The zero-order chi connectivity index (χ0) is 19.9. The summed E-state index contributed by atoms with van der Waals surface area (Å²) in [6.45, 7) is 5.67. The van der Waals surface area contributed by atoms with Gasteiger partial charge in [-0.15, -0.1) is 0 Å². The van der Waals surface area contributed by atoms with E-state index in [-0.39, 0.29) is 11.9 Å². The van der Waals surface area contributed by atoms with Gasteiger partial charge in [-0.25, -0.2) is 9.97 Å². The number of amides is 1. The molecule has 146 valence electrons. The molecule has 1 saturated heterocycles. The summed E-state index contributed by atoms with van der Waals surface area (Å²) >= 11 is 0. The number of fused-ring (bicyclic) bond motifs is 3. The van der Waals surface area contributed by atoms with Crippen LogP contribution in [0.2, 0.25) is 0 Å². The van der Waals surface area contributed by atoms with Crippen LogP contribution >= 0.6 is 0 Å². The van der Waals surface area contributed by atoms with E-state index in [1.54, 1.807) is 17.3 Å². The van der Waals surface area contributed by atoms with Crippen LogP contribution in [-0.4, -0.2) is 53.0 Å². The molecule has 9 heteroatoms. The molecule has 2 aliphatic rings. The normalized spacial score (nSPS) is 19.1. The fourth-order valence-electron chi connectivity index (χ4n) is 3.69. The van der Waals surface area contributed by atoms with Gasteiger partial charge in [0.05, 0.1) is 11.6 Å². The highest BCUT2D eigenvalue weighted by Crippen LogP contribution is 2.38. The molecule has 3 heterocycles. The second-order valence-electron chi connectivity index (χ2n) is 6.69. The van der Waals surface area contributed by atoms with Crippen molar-refractivity contribution < 1.29 is 18.0 Å². The Bertz CT molecular complexity index is 899. The summed E-state index contributed by atoms with van der Waals surface area (Å²) in [4.78, 5) is 26.6. The van der Waals surface area contributed by atoms with Crippen LogP contribution in [0.1, 0.15) is 5.56 Å². The van der Waals surface area contributed by atoms with E-state index in [0.29, 0.717) is 43.5 Å². The molecule has 0 radical (unpaired) electrons. The zero-order valence-electron chi connectivity index (χ0n) is 14.9. The van der Waals surface area contributed by atoms with Gasteiger partial charge in [0.2, 0.25) is 5.91 Å². The Morgan fingerprint density at radius 3 is 2.39 bits per heavy atom. The van der Waals surface area contributed by atoms with Gasteiger partial charge in [0.15, 0.2) is 11.6 Å². The van der Waals surface area contributed by atoms with Gasteiger partial charge in [0.25, 0.3) is 0 Å². The Morgan fingerprint density at radius 2 is 1.75 bits per heavy atom. The average molecular weight is 389 g/mol. The van der Waals surface area contributed by atoms with E-state index in [0.717, 1.165) is 12.1 Å². The minimum absolute atomic E-state index is 0.0517. The lowest BCUT2D eigenvalue weighted by atomic mass is 10.1. The summed E-state index contributed by atoms with van der Waals surface area (Å²) in [5, 5.41) is 0. The molecular weight excluding hydrogens is 371 g/mol. The zero-order valence-corrected chi connectivity index (χ0v) is 14.9. The minimum Gasteiger partial charge on any atom is -0.345 e. The van der Waals surface area contributed by atoms with Crippen LogP contribution in [0, 0.1) is 0 Å². The van der Waals surface area contributed by atoms with Crippen LogP contribution in [0.5, 0.6) is 0 Å². The average Bonchev–Trinajstić information content (AvgIpc) is 2.71. The first-order valence-corrected chi connectivity index (χ1v) is 8.82. The summed E-state index contributed by atoms with van der Waals surface area (Å²) in [6, 6.07) is 4.95. The lowest BCUT2D eigenvalue weighted by Gasteiger charge is -2.47. The van der Waals surface area contributed by atoms with Crippen LogP contribution in [-0.2, 0) is 11.0 Å². The first-order valence-electron chi connectivity index (χ1n) is 8.82. The molecule has 0 saturated carbocycles. The lowest BCUT2D eigenvalue weighted by molar-refractivity contribution is -0.137. The lowest BCUT2D eigenvalue weighted by Crippen LogP contribution is -2.60. The van der Waals surface area contributed by atoms with Gasteiger partial charge < -0.3 is 14.7 Å². The van der Waals surface area contributed by atoms with E-state index in [1.165, 1.54) is 18.2 Å². The van der Waals surface area contributed by atoms with Gasteiger partial charge in [-0.05, 0) is 30.3 Å². The number of aromatic nitrogens is 2. The van der Waals surface area contributed by atoms with Gasteiger partial charge >= 0.3 is 6.18 Å². The summed E-state index contributed by atoms with van der Waals surface area (Å²) in [7, 11) is 0. The van der Waals surface area contributed by atoms with Crippen LogP contribution in [0.15, 0.2) is 49.3 Å². The van der Waals surface area contributed by atoms with E-state index in [4.69, 9.17) is 0 Å². The molecular formula is C19H18F3N5O. The van der Waals surface area contributed by atoms with E-state index in [9.17, 15) is 18.0 Å². The fourth-order valence-corrected chi connectivity index (χ4v) is 3.69. The molecule has 0 spiro atoms. The van der Waals surface area contributed by atoms with Crippen molar-refractivity contribution in [3.05, 3.63) is 54.9 Å². The molecule has 4 rings (SSSR count). The number of piperazine rings is 1. The number of alkyl halides is 3. The Kier molecular flexibility index (Phi) is 4.44. The number of anilines is 3. The Balaban J connectivity index is 1.68. The van der Waals surface area contributed by atoms with Crippen molar-refractivity contribution in [1.29, 1.82) is 0 Å². The number of halogens is 3. The minimum atomic E-state index is -4.39. The molecule has 1 fully saturated rings. The standard InChI is InChI=1S/C19H18F3N5O/c1-2-16(28)25-9-10-26-15(11-25)12-27(18-17(26)23-7-8-24-18)14-5-3-13(4-6-14)19(20,21)22/h2-8,15H,1,9-12H2/t15-/m1/s1. The highest BCUT2D eigenvalue weighted by atomic mass is 19.4. The Hall–Kier alpha value is -3.10. The predicted octanol–water partition coefficient (Wildman–Crippen LogP) is 2.85. The number of benzene rings is 1. The van der Waals surface area contributed by atoms with E-state index >= 15 is 0 Å². The van der Waals surface area contributed by atoms with E-state index in [1.807, 2.05) is 4.90 Å². The third kappa shape index (κ3) is 3.17. The Labute approximate surface area is 159 Å². The third-order valence-corrected chi connectivity index (χ3v) is 5.06. The van der Waals surface area contributed by atoms with Crippen molar-refractivity contribution in [2.75, 3.05) is 36.0 Å². The summed E-state index contributed by atoms with van der Waals surface area (Å²) in [5.74, 6) is 1.14. The van der Waals surface area contributed by atoms with Crippen LogP contribution in [0.25, 0.3) is 0 Å². The van der Waals surface area contributed by atoms with Crippen LogP contribution in [0.4, 0.5) is 30.5 Å². The van der Waals surface area contributed by atoms with Crippen molar-refractivity contribution in [2.45, 2.75) is 12.2 Å². The van der Waals surface area contributed by atoms with Gasteiger partial charge in [-0.1, -0.05) is 6.58 Å². The first-order chi connectivity index (χ1) is 13.4. The molecule has 1 atom stereocenters. The number of carbonyl (C=O) groups is 1. The topological polar surface area (TPSA) is 52.6 Å². The maximum absolute atomic E-state index is 12.9. The molecule has 28 heavy (non-hydrogen) atoms.